The molecule has 0 saturated heterocycles. The first kappa shape index (κ1) is 17.7. The highest BCUT2D eigenvalue weighted by atomic mass is 16.5. The summed E-state index contributed by atoms with van der Waals surface area (Å²) in [4.78, 5) is 14.9. The quantitative estimate of drug-likeness (QED) is 0.701. The number of para-hydroxylation sites is 1. The second kappa shape index (κ2) is 7.44. The molecule has 0 saturated carbocycles. The Bertz CT molecular complexity index is 903. The van der Waals surface area contributed by atoms with E-state index >= 15 is 0 Å². The number of ether oxygens (including phenoxy) is 1. The number of nitrogens with zero attached hydrogens (tertiary/aromatic N) is 3. The molecule has 0 N–H and O–H groups in total. The van der Waals surface area contributed by atoms with Crippen molar-refractivity contribution in [1.29, 1.82) is 0 Å². The number of aromatic nitrogens is 2. The van der Waals surface area contributed by atoms with E-state index in [-0.39, 0.29) is 11.9 Å². The van der Waals surface area contributed by atoms with E-state index < -0.39 is 0 Å². The van der Waals surface area contributed by atoms with Crippen LogP contribution in [0.4, 0.5) is 0 Å². The number of carbonyl (C=O) groups is 1. The predicted octanol–water partition coefficient (Wildman–Crippen LogP) is 3.93. The van der Waals surface area contributed by atoms with Crippen LogP contribution in [0.5, 0.6) is 5.75 Å². The van der Waals surface area contributed by atoms with Crippen LogP contribution < -0.4 is 4.74 Å². The Labute approximate surface area is 153 Å². The van der Waals surface area contributed by atoms with Crippen molar-refractivity contribution in [1.82, 2.24) is 14.7 Å². The molecule has 1 unspecified atom stereocenters. The first-order valence-electron chi connectivity index (χ1n) is 8.52. The Kier molecular flexibility index (Phi) is 5.07. The molecule has 0 spiro atoms. The number of amides is 1. The molecule has 0 radical (unpaired) electrons. The Morgan fingerprint density at radius 3 is 2.46 bits per heavy atom. The average molecular weight is 349 g/mol. The number of hydrogen-bond donors (Lipinski definition) is 0. The van der Waals surface area contributed by atoms with Gasteiger partial charge in [-0.2, -0.15) is 5.10 Å². The molecule has 1 heterocycles. The van der Waals surface area contributed by atoms with Gasteiger partial charge in [0.1, 0.15) is 11.4 Å². The van der Waals surface area contributed by atoms with Crippen LogP contribution >= 0.6 is 0 Å². The number of carbonyl (C=O) groups excluding carboxylic acids is 1. The Morgan fingerprint density at radius 1 is 1.12 bits per heavy atom. The van der Waals surface area contributed by atoms with Crippen molar-refractivity contribution in [2.75, 3.05) is 14.2 Å². The van der Waals surface area contributed by atoms with Crippen molar-refractivity contribution in [3.05, 3.63) is 71.9 Å². The van der Waals surface area contributed by atoms with E-state index in [0.29, 0.717) is 17.0 Å². The maximum Gasteiger partial charge on any atom is 0.257 e. The van der Waals surface area contributed by atoms with Crippen molar-refractivity contribution in [2.24, 2.45) is 7.05 Å². The summed E-state index contributed by atoms with van der Waals surface area (Å²) in [7, 11) is 5.25. The predicted molar refractivity (Wildman–Crippen MR) is 102 cm³/mol. The Morgan fingerprint density at radius 2 is 1.77 bits per heavy atom. The molecule has 0 bridgehead atoms. The smallest absolute Gasteiger partial charge is 0.257 e. The number of aryl methyl sites for hydroxylation is 1. The lowest BCUT2D eigenvalue weighted by Gasteiger charge is -2.25. The molecular formula is C21H23N3O2. The minimum Gasteiger partial charge on any atom is -0.496 e. The van der Waals surface area contributed by atoms with E-state index in [1.54, 1.807) is 22.9 Å². The molecule has 1 amide bonds. The summed E-state index contributed by atoms with van der Waals surface area (Å²) in [5.74, 6) is 0.620. The van der Waals surface area contributed by atoms with Crippen LogP contribution in [0.3, 0.4) is 0 Å². The van der Waals surface area contributed by atoms with Gasteiger partial charge < -0.3 is 9.64 Å². The fraction of sp³-hybridized carbons (Fsp3) is 0.238. The maximum absolute atomic E-state index is 13.2. The lowest BCUT2D eigenvalue weighted by atomic mass is 10.0. The summed E-state index contributed by atoms with van der Waals surface area (Å²) in [5, 5.41) is 4.51. The van der Waals surface area contributed by atoms with Gasteiger partial charge in [-0.25, -0.2) is 0 Å². The Balaban J connectivity index is 1.98. The molecule has 134 valence electrons. The highest BCUT2D eigenvalue weighted by molar-refractivity contribution is 6.00. The maximum atomic E-state index is 13.2. The zero-order valence-corrected chi connectivity index (χ0v) is 15.5. The first-order chi connectivity index (χ1) is 12.5. The van der Waals surface area contributed by atoms with Gasteiger partial charge in [0, 0.05) is 25.9 Å². The molecular weight excluding hydrogens is 326 g/mol. The highest BCUT2D eigenvalue weighted by Gasteiger charge is 2.25. The number of hydrogen-bond acceptors (Lipinski definition) is 3. The zero-order valence-electron chi connectivity index (χ0n) is 15.5. The third-order valence-corrected chi connectivity index (χ3v) is 4.60. The van der Waals surface area contributed by atoms with Gasteiger partial charge >= 0.3 is 0 Å². The fourth-order valence-corrected chi connectivity index (χ4v) is 3.01. The number of rotatable bonds is 5. The van der Waals surface area contributed by atoms with Crippen LogP contribution in [0.25, 0.3) is 11.3 Å². The van der Waals surface area contributed by atoms with Crippen molar-refractivity contribution < 1.29 is 9.53 Å². The van der Waals surface area contributed by atoms with Crippen LogP contribution in [-0.4, -0.2) is 34.7 Å². The summed E-state index contributed by atoms with van der Waals surface area (Å²) in [5.41, 5.74) is 3.08. The molecule has 3 rings (SSSR count). The SMILES string of the molecule is COc1ccccc1-c1nn(C)cc1C(=O)N(C)C(C)c1ccccc1. The van der Waals surface area contributed by atoms with Gasteiger partial charge in [-0.1, -0.05) is 42.5 Å². The second-order valence-electron chi connectivity index (χ2n) is 6.27. The lowest BCUT2D eigenvalue weighted by Crippen LogP contribution is -2.29. The molecule has 0 aliphatic rings. The third-order valence-electron chi connectivity index (χ3n) is 4.60. The minimum atomic E-state index is -0.0737. The van der Waals surface area contributed by atoms with Crippen LogP contribution in [0.2, 0.25) is 0 Å². The summed E-state index contributed by atoms with van der Waals surface area (Å²) in [6, 6.07) is 17.5. The molecule has 3 aromatic rings. The van der Waals surface area contributed by atoms with Crippen molar-refractivity contribution >= 4 is 5.91 Å². The summed E-state index contributed by atoms with van der Waals surface area (Å²) >= 11 is 0. The molecule has 26 heavy (non-hydrogen) atoms. The number of methoxy groups -OCH3 is 1. The summed E-state index contributed by atoms with van der Waals surface area (Å²) in [6.07, 6.45) is 1.76. The molecule has 0 aliphatic heterocycles. The molecule has 5 nitrogen and oxygen atoms in total. The van der Waals surface area contributed by atoms with Gasteiger partial charge in [-0.3, -0.25) is 9.48 Å². The van der Waals surface area contributed by atoms with Crippen molar-refractivity contribution in [2.45, 2.75) is 13.0 Å². The average Bonchev–Trinajstić information content (AvgIpc) is 3.08. The largest absolute Gasteiger partial charge is 0.496 e. The van der Waals surface area contributed by atoms with Crippen molar-refractivity contribution in [3.63, 3.8) is 0 Å². The summed E-state index contributed by atoms with van der Waals surface area (Å²) in [6.45, 7) is 2.02. The van der Waals surface area contributed by atoms with Gasteiger partial charge in [0.05, 0.1) is 18.7 Å². The monoisotopic (exact) mass is 349 g/mol. The van der Waals surface area contributed by atoms with E-state index in [1.165, 1.54) is 0 Å². The Hall–Kier alpha value is -3.08. The van der Waals surface area contributed by atoms with E-state index in [9.17, 15) is 4.79 Å². The molecule has 5 heteroatoms. The van der Waals surface area contributed by atoms with Gasteiger partial charge in [-0.15, -0.1) is 0 Å². The highest BCUT2D eigenvalue weighted by Crippen LogP contribution is 2.32. The van der Waals surface area contributed by atoms with E-state index in [1.807, 2.05) is 75.6 Å². The van der Waals surface area contributed by atoms with E-state index in [0.717, 1.165) is 11.1 Å². The lowest BCUT2D eigenvalue weighted by molar-refractivity contribution is 0.0743. The second-order valence-corrected chi connectivity index (χ2v) is 6.27. The van der Waals surface area contributed by atoms with Crippen molar-refractivity contribution in [3.8, 4) is 17.0 Å². The van der Waals surface area contributed by atoms with Gasteiger partial charge in [-0.05, 0) is 24.6 Å². The molecule has 2 aromatic carbocycles. The fourth-order valence-electron chi connectivity index (χ4n) is 3.01. The van der Waals surface area contributed by atoms with Crippen LogP contribution in [0, 0.1) is 0 Å². The standard InChI is InChI=1S/C21H23N3O2/c1-15(16-10-6-5-7-11-16)24(3)21(25)18-14-23(2)22-20(18)17-12-8-9-13-19(17)26-4/h5-15H,1-4H3. The third kappa shape index (κ3) is 3.33. The van der Waals surface area contributed by atoms with Gasteiger partial charge in [0.15, 0.2) is 0 Å². The molecule has 0 fully saturated rings. The molecule has 1 aromatic heterocycles. The normalized spacial score (nSPS) is 11.8. The van der Waals surface area contributed by atoms with E-state index in [4.69, 9.17) is 4.74 Å². The van der Waals surface area contributed by atoms with Crippen LogP contribution in [-0.2, 0) is 7.05 Å². The minimum absolute atomic E-state index is 0.0468. The van der Waals surface area contributed by atoms with Gasteiger partial charge in [0.25, 0.3) is 5.91 Å². The first-order valence-corrected chi connectivity index (χ1v) is 8.52. The summed E-state index contributed by atoms with van der Waals surface area (Å²) < 4.78 is 7.11. The topological polar surface area (TPSA) is 47.4 Å². The van der Waals surface area contributed by atoms with Gasteiger partial charge in [0.2, 0.25) is 0 Å². The number of benzene rings is 2. The van der Waals surface area contributed by atoms with E-state index in [2.05, 4.69) is 5.10 Å². The molecule has 1 atom stereocenters. The molecule has 0 aliphatic carbocycles. The zero-order chi connectivity index (χ0) is 18.7. The van der Waals surface area contributed by atoms with Crippen LogP contribution in [0.1, 0.15) is 28.9 Å². The van der Waals surface area contributed by atoms with Crippen LogP contribution in [0.15, 0.2) is 60.8 Å².